The Labute approximate surface area is 292 Å². The van der Waals surface area contributed by atoms with E-state index in [1.165, 1.54) is 0 Å². The molecular formula is C36H59N5O7S. The number of hydrogen-bond donors (Lipinski definition) is 4. The molecule has 0 unspecified atom stereocenters. The van der Waals surface area contributed by atoms with Crippen molar-refractivity contribution in [2.24, 2.45) is 28.1 Å². The number of nitrogens with zero attached hydrogens (tertiary/aromatic N) is 1. The van der Waals surface area contributed by atoms with Crippen LogP contribution in [0.1, 0.15) is 120 Å². The number of sulfone groups is 1. The average molecular weight is 706 g/mol. The van der Waals surface area contributed by atoms with Gasteiger partial charge in [-0.15, -0.1) is 0 Å². The minimum atomic E-state index is -3.38. The molecule has 5 fully saturated rings. The number of urea groups is 1. The van der Waals surface area contributed by atoms with E-state index in [9.17, 15) is 32.4 Å². The number of carbonyl (C=O) groups is 5. The Morgan fingerprint density at radius 2 is 1.55 bits per heavy atom. The third-order valence-electron chi connectivity index (χ3n) is 12.3. The van der Waals surface area contributed by atoms with Crippen molar-refractivity contribution in [1.29, 1.82) is 0 Å². The van der Waals surface area contributed by atoms with E-state index in [1.54, 1.807) is 4.90 Å². The first-order chi connectivity index (χ1) is 22.6. The molecule has 5 aliphatic rings. The van der Waals surface area contributed by atoms with Gasteiger partial charge in [-0.2, -0.15) is 0 Å². The van der Waals surface area contributed by atoms with Crippen molar-refractivity contribution in [2.75, 3.05) is 12.3 Å². The highest BCUT2D eigenvalue weighted by Crippen LogP contribution is 2.65. The molecule has 0 aromatic heterocycles. The highest BCUT2D eigenvalue weighted by molar-refractivity contribution is 7.92. The van der Waals surface area contributed by atoms with E-state index in [2.05, 4.69) is 49.0 Å². The Morgan fingerprint density at radius 1 is 0.918 bits per heavy atom. The molecule has 2 saturated heterocycles. The van der Waals surface area contributed by atoms with E-state index in [0.29, 0.717) is 45.1 Å². The molecule has 5 rings (SSSR count). The van der Waals surface area contributed by atoms with Crippen LogP contribution < -0.4 is 21.3 Å². The Morgan fingerprint density at radius 3 is 2.08 bits per heavy atom. The standard InChI is InChI=1S/C36H59N5O7S/c1-9-11-23(27(42)30(44)37-21-13-14-21)38-29(43)26-25-22(35(25,7)8)20-41(26)31(45)28(33(2,3)4)39-32(46)40-36(17-15-34(5,6)16-18-36)24-12-10-19-49(24,47)48/h21-26,28H,9-20H2,1-8H3,(H,37,44)(H,38,43)(H2,39,40,46)/t22-,23-,24+,25-,26-,28+/m0/s1. The number of ketones is 1. The van der Waals surface area contributed by atoms with Crippen molar-refractivity contribution >= 4 is 39.4 Å². The third kappa shape index (κ3) is 7.66. The molecule has 0 spiro atoms. The van der Waals surface area contributed by atoms with Crippen molar-refractivity contribution in [2.45, 2.75) is 155 Å². The number of Topliss-reactive ketones (excluding diaryl/α,β-unsaturated/α-hetero) is 1. The molecule has 3 aliphatic carbocycles. The van der Waals surface area contributed by atoms with Gasteiger partial charge in [-0.05, 0) is 85.9 Å². The maximum Gasteiger partial charge on any atom is 0.315 e. The summed E-state index contributed by atoms with van der Waals surface area (Å²) in [6.07, 6.45) is 6.22. The van der Waals surface area contributed by atoms with Crippen LogP contribution in [0.25, 0.3) is 0 Å². The molecule has 6 atom stereocenters. The maximum absolute atomic E-state index is 14.5. The van der Waals surface area contributed by atoms with Crippen molar-refractivity contribution < 1.29 is 32.4 Å². The van der Waals surface area contributed by atoms with Crippen LogP contribution in [0, 0.1) is 28.1 Å². The first-order valence-corrected chi connectivity index (χ1v) is 20.1. The largest absolute Gasteiger partial charge is 0.347 e. The Kier molecular flexibility index (Phi) is 10.1. The number of amides is 5. The van der Waals surface area contributed by atoms with Crippen molar-refractivity contribution in [3.8, 4) is 0 Å². The van der Waals surface area contributed by atoms with Crippen LogP contribution in [0.15, 0.2) is 0 Å². The zero-order valence-electron chi connectivity index (χ0n) is 30.7. The summed E-state index contributed by atoms with van der Waals surface area (Å²) < 4.78 is 26.4. The van der Waals surface area contributed by atoms with Gasteiger partial charge in [0.05, 0.1) is 22.6 Å². The zero-order valence-corrected chi connectivity index (χ0v) is 31.6. The van der Waals surface area contributed by atoms with Crippen LogP contribution in [0.4, 0.5) is 4.79 Å². The van der Waals surface area contributed by atoms with E-state index in [4.69, 9.17) is 0 Å². The lowest BCUT2D eigenvalue weighted by molar-refractivity contribution is -0.145. The fraction of sp³-hybridized carbons (Fsp3) is 0.861. The van der Waals surface area contributed by atoms with E-state index < -0.39 is 73.7 Å². The molecule has 3 saturated carbocycles. The average Bonchev–Trinajstić information content (AvgIpc) is 3.77. The molecule has 0 bridgehead atoms. The van der Waals surface area contributed by atoms with Gasteiger partial charge in [0.2, 0.25) is 17.6 Å². The highest BCUT2D eigenvalue weighted by Gasteiger charge is 2.70. The molecule has 0 aromatic carbocycles. The second-order valence-corrected chi connectivity index (χ2v) is 20.4. The van der Waals surface area contributed by atoms with Gasteiger partial charge in [-0.25, -0.2) is 13.2 Å². The zero-order chi connectivity index (χ0) is 36.3. The molecule has 49 heavy (non-hydrogen) atoms. The predicted octanol–water partition coefficient (Wildman–Crippen LogP) is 3.23. The summed E-state index contributed by atoms with van der Waals surface area (Å²) in [6.45, 7) is 16.2. The van der Waals surface area contributed by atoms with Gasteiger partial charge in [0.15, 0.2) is 9.84 Å². The summed E-state index contributed by atoms with van der Waals surface area (Å²) in [5.74, 6) is -2.19. The molecule has 12 nitrogen and oxygen atoms in total. The summed E-state index contributed by atoms with van der Waals surface area (Å²) >= 11 is 0. The number of piperidine rings is 1. The number of nitrogens with one attached hydrogen (secondary N) is 4. The van der Waals surface area contributed by atoms with E-state index in [1.807, 2.05) is 27.7 Å². The predicted molar refractivity (Wildman–Crippen MR) is 186 cm³/mol. The molecule has 0 aromatic rings. The van der Waals surface area contributed by atoms with Crippen LogP contribution in [0.2, 0.25) is 0 Å². The Bertz CT molecular complexity index is 1450. The van der Waals surface area contributed by atoms with E-state index >= 15 is 0 Å². The smallest absolute Gasteiger partial charge is 0.315 e. The highest BCUT2D eigenvalue weighted by atomic mass is 32.2. The monoisotopic (exact) mass is 705 g/mol. The van der Waals surface area contributed by atoms with E-state index in [0.717, 1.165) is 25.7 Å². The number of likely N-dealkylation sites (tertiary alicyclic amines) is 1. The minimum absolute atomic E-state index is 0.00632. The fourth-order valence-corrected chi connectivity index (χ4v) is 11.2. The van der Waals surface area contributed by atoms with E-state index in [-0.39, 0.29) is 34.5 Å². The SMILES string of the molecule is CCC[C@H](NC(=O)[C@@H]1[C@@H]2[C@H](CN1C(=O)[C@@H](NC(=O)NC1([C@H]3CCCS3(=O)=O)CCC(C)(C)CC1)C(C)(C)C)C2(C)C)C(=O)C(=O)NC1CC1. The van der Waals surface area contributed by atoms with Gasteiger partial charge in [-0.3, -0.25) is 19.2 Å². The lowest BCUT2D eigenvalue weighted by Gasteiger charge is -2.47. The molecule has 4 N–H and O–H groups in total. The number of fused-ring (bicyclic) bond motifs is 1. The molecular weight excluding hydrogens is 646 g/mol. The molecule has 0 radical (unpaired) electrons. The van der Waals surface area contributed by atoms with Crippen LogP contribution in [0.3, 0.4) is 0 Å². The molecule has 2 heterocycles. The summed E-state index contributed by atoms with van der Waals surface area (Å²) in [5.41, 5.74) is -1.83. The maximum atomic E-state index is 14.5. The van der Waals surface area contributed by atoms with Gasteiger partial charge in [0, 0.05) is 12.6 Å². The summed E-state index contributed by atoms with van der Waals surface area (Å²) in [4.78, 5) is 69.7. The molecule has 2 aliphatic heterocycles. The van der Waals surface area contributed by atoms with Gasteiger partial charge < -0.3 is 26.2 Å². The summed E-state index contributed by atoms with van der Waals surface area (Å²) in [6, 6.07) is -3.46. The lowest BCUT2D eigenvalue weighted by Crippen LogP contribution is -2.65. The minimum Gasteiger partial charge on any atom is -0.347 e. The Hall–Kier alpha value is -2.70. The van der Waals surface area contributed by atoms with Crippen LogP contribution >= 0.6 is 0 Å². The normalized spacial score (nSPS) is 30.3. The van der Waals surface area contributed by atoms with Gasteiger partial charge in [0.25, 0.3) is 5.91 Å². The molecule has 5 amide bonds. The van der Waals surface area contributed by atoms with Gasteiger partial charge in [0.1, 0.15) is 12.1 Å². The van der Waals surface area contributed by atoms with Crippen LogP contribution in [-0.4, -0.2) is 90.1 Å². The number of rotatable bonds is 11. The first kappa shape index (κ1) is 37.6. The van der Waals surface area contributed by atoms with Crippen molar-refractivity contribution in [3.05, 3.63) is 0 Å². The summed E-state index contributed by atoms with van der Waals surface area (Å²) in [5, 5.41) is 10.9. The quantitative estimate of drug-likeness (QED) is 0.239. The van der Waals surface area contributed by atoms with Crippen molar-refractivity contribution in [3.63, 3.8) is 0 Å². The number of hydrogen-bond acceptors (Lipinski definition) is 7. The van der Waals surface area contributed by atoms with Crippen LogP contribution in [0.5, 0.6) is 0 Å². The Balaban J connectivity index is 1.35. The summed E-state index contributed by atoms with van der Waals surface area (Å²) in [7, 11) is -3.38. The third-order valence-corrected chi connectivity index (χ3v) is 14.7. The van der Waals surface area contributed by atoms with Gasteiger partial charge in [-0.1, -0.05) is 61.8 Å². The fourth-order valence-electron chi connectivity index (χ4n) is 8.79. The lowest BCUT2D eigenvalue weighted by atomic mass is 9.67. The molecule has 13 heteroatoms. The van der Waals surface area contributed by atoms with Crippen molar-refractivity contribution in [1.82, 2.24) is 26.2 Å². The topological polar surface area (TPSA) is 171 Å². The first-order valence-electron chi connectivity index (χ1n) is 18.4. The molecule has 276 valence electrons. The second-order valence-electron chi connectivity index (χ2n) is 18.1. The van der Waals surface area contributed by atoms with Gasteiger partial charge >= 0.3 is 6.03 Å². The number of carbonyl (C=O) groups excluding carboxylic acids is 5. The van der Waals surface area contributed by atoms with Crippen LogP contribution in [-0.2, 0) is 29.0 Å². The second kappa shape index (κ2) is 13.1.